The molecule has 3 heteroatoms. The van der Waals surface area contributed by atoms with Crippen LogP contribution in [-0.4, -0.2) is 12.5 Å². The third-order valence-electron chi connectivity index (χ3n) is 4.33. The van der Waals surface area contributed by atoms with Crippen molar-refractivity contribution in [1.82, 2.24) is 5.32 Å². The van der Waals surface area contributed by atoms with Crippen molar-refractivity contribution in [2.45, 2.75) is 51.4 Å². The molecule has 2 bridgehead atoms. The molecule has 2 rings (SSSR count). The molecule has 0 aromatic heterocycles. The van der Waals surface area contributed by atoms with Crippen LogP contribution in [-0.2, 0) is 0 Å². The van der Waals surface area contributed by atoms with Crippen LogP contribution in [0.15, 0.2) is 0 Å². The summed E-state index contributed by atoms with van der Waals surface area (Å²) in [6.45, 7) is 0.876. The average molecular weight is 223 g/mol. The molecular formula is C13H25N3. The van der Waals surface area contributed by atoms with E-state index >= 15 is 0 Å². The molecule has 2 fully saturated rings. The molecule has 2 unspecified atom stereocenters. The van der Waals surface area contributed by atoms with Crippen molar-refractivity contribution in [3.05, 3.63) is 0 Å². The fraction of sp³-hybridized carbons (Fsp3) is 0.923. The zero-order valence-electron chi connectivity index (χ0n) is 10.2. The lowest BCUT2D eigenvalue weighted by Crippen LogP contribution is -2.32. The van der Waals surface area contributed by atoms with Crippen molar-refractivity contribution in [3.8, 4) is 0 Å². The third kappa shape index (κ3) is 3.39. The summed E-state index contributed by atoms with van der Waals surface area (Å²) in [5.74, 6) is 3.15. The smallest absolute Gasteiger partial charge is 0.185 e. The summed E-state index contributed by atoms with van der Waals surface area (Å²) >= 11 is 0. The summed E-state index contributed by atoms with van der Waals surface area (Å²) < 4.78 is 0. The van der Waals surface area contributed by atoms with Gasteiger partial charge in [-0.25, -0.2) is 0 Å². The highest BCUT2D eigenvalue weighted by molar-refractivity contribution is 5.74. The highest BCUT2D eigenvalue weighted by atomic mass is 15.0. The van der Waals surface area contributed by atoms with Crippen molar-refractivity contribution in [1.29, 1.82) is 5.41 Å². The van der Waals surface area contributed by atoms with Gasteiger partial charge in [-0.05, 0) is 49.9 Å². The number of nitrogens with one attached hydrogen (secondary N) is 2. The molecule has 0 heterocycles. The van der Waals surface area contributed by atoms with E-state index in [0.29, 0.717) is 0 Å². The van der Waals surface area contributed by atoms with Gasteiger partial charge in [-0.15, -0.1) is 0 Å². The van der Waals surface area contributed by atoms with Crippen LogP contribution in [0.25, 0.3) is 0 Å². The molecule has 2 saturated carbocycles. The lowest BCUT2D eigenvalue weighted by molar-refractivity contribution is 0.131. The second kappa shape index (κ2) is 5.55. The van der Waals surface area contributed by atoms with Crippen LogP contribution in [0.2, 0.25) is 0 Å². The molecule has 0 aromatic carbocycles. The lowest BCUT2D eigenvalue weighted by Gasteiger charge is -2.39. The third-order valence-corrected chi connectivity index (χ3v) is 4.33. The summed E-state index contributed by atoms with van der Waals surface area (Å²) in [6.07, 6.45) is 11.4. The number of hydrogen-bond donors (Lipinski definition) is 3. The zero-order valence-corrected chi connectivity index (χ0v) is 10.2. The standard InChI is InChI=1S/C13H25N3/c14-13(15)16-6-2-5-12-8-10-3-1-4-11(7-10)9-12/h10-12H,1-9H2,(H4,14,15,16). The van der Waals surface area contributed by atoms with Crippen LogP contribution in [0, 0.1) is 23.2 Å². The van der Waals surface area contributed by atoms with Crippen LogP contribution in [0.4, 0.5) is 0 Å². The summed E-state index contributed by atoms with van der Waals surface area (Å²) in [6, 6.07) is 0. The quantitative estimate of drug-likeness (QED) is 0.389. The molecule has 3 nitrogen and oxygen atoms in total. The molecule has 16 heavy (non-hydrogen) atoms. The highest BCUT2D eigenvalue weighted by Crippen LogP contribution is 2.43. The van der Waals surface area contributed by atoms with Gasteiger partial charge in [0.1, 0.15) is 0 Å². The molecular weight excluding hydrogens is 198 g/mol. The van der Waals surface area contributed by atoms with Crippen molar-refractivity contribution in [2.24, 2.45) is 23.5 Å². The largest absolute Gasteiger partial charge is 0.370 e. The zero-order chi connectivity index (χ0) is 11.4. The minimum Gasteiger partial charge on any atom is -0.370 e. The van der Waals surface area contributed by atoms with Gasteiger partial charge in [0.2, 0.25) is 0 Å². The average Bonchev–Trinajstić information content (AvgIpc) is 2.24. The first-order chi connectivity index (χ1) is 7.74. The number of fused-ring (bicyclic) bond motifs is 2. The maximum absolute atomic E-state index is 7.09. The minimum atomic E-state index is 0.112. The molecule has 4 N–H and O–H groups in total. The van der Waals surface area contributed by atoms with Crippen molar-refractivity contribution < 1.29 is 0 Å². The molecule has 0 aromatic rings. The van der Waals surface area contributed by atoms with E-state index in [1.165, 1.54) is 51.4 Å². The van der Waals surface area contributed by atoms with Gasteiger partial charge in [0.25, 0.3) is 0 Å². The van der Waals surface area contributed by atoms with Gasteiger partial charge < -0.3 is 11.1 Å². The summed E-state index contributed by atoms with van der Waals surface area (Å²) in [5, 5.41) is 9.98. The molecule has 92 valence electrons. The normalized spacial score (nSPS) is 33.4. The SMILES string of the molecule is N=C(N)NCCCC1CC2CCCC(C1)C2. The number of rotatable bonds is 4. The first-order valence-corrected chi connectivity index (χ1v) is 6.82. The van der Waals surface area contributed by atoms with E-state index < -0.39 is 0 Å². The van der Waals surface area contributed by atoms with Crippen molar-refractivity contribution in [3.63, 3.8) is 0 Å². The van der Waals surface area contributed by atoms with E-state index in [1.807, 2.05) is 0 Å². The van der Waals surface area contributed by atoms with E-state index in [2.05, 4.69) is 5.32 Å². The minimum absolute atomic E-state index is 0.112. The Kier molecular flexibility index (Phi) is 4.08. The first kappa shape index (κ1) is 11.7. The van der Waals surface area contributed by atoms with Gasteiger partial charge in [-0.2, -0.15) is 0 Å². The fourth-order valence-electron chi connectivity index (χ4n) is 3.72. The molecule has 0 amide bonds. The summed E-state index contributed by atoms with van der Waals surface area (Å²) in [5.41, 5.74) is 5.26. The van der Waals surface area contributed by atoms with Gasteiger partial charge in [0.15, 0.2) is 5.96 Å². The lowest BCUT2D eigenvalue weighted by atomic mass is 9.67. The Morgan fingerprint density at radius 2 is 1.88 bits per heavy atom. The topological polar surface area (TPSA) is 61.9 Å². The van der Waals surface area contributed by atoms with Gasteiger partial charge in [-0.3, -0.25) is 5.41 Å². The van der Waals surface area contributed by atoms with Crippen LogP contribution >= 0.6 is 0 Å². The van der Waals surface area contributed by atoms with Gasteiger partial charge in [-0.1, -0.05) is 19.3 Å². The van der Waals surface area contributed by atoms with E-state index in [9.17, 15) is 0 Å². The second-order valence-corrected chi connectivity index (χ2v) is 5.72. The Balaban J connectivity index is 1.64. The Hall–Kier alpha value is -0.730. The van der Waals surface area contributed by atoms with Gasteiger partial charge >= 0.3 is 0 Å². The predicted octanol–water partition coefficient (Wildman–Crippen LogP) is 2.47. The Labute approximate surface area is 98.7 Å². The fourth-order valence-corrected chi connectivity index (χ4v) is 3.72. The summed E-state index contributed by atoms with van der Waals surface area (Å²) in [4.78, 5) is 0. The Morgan fingerprint density at radius 3 is 2.50 bits per heavy atom. The summed E-state index contributed by atoms with van der Waals surface area (Å²) in [7, 11) is 0. The molecule has 0 saturated heterocycles. The van der Waals surface area contributed by atoms with Crippen LogP contribution in [0.5, 0.6) is 0 Å². The van der Waals surface area contributed by atoms with Crippen molar-refractivity contribution in [2.75, 3.05) is 6.54 Å². The van der Waals surface area contributed by atoms with E-state index in [1.54, 1.807) is 0 Å². The molecule has 2 aliphatic carbocycles. The van der Waals surface area contributed by atoms with E-state index in [-0.39, 0.29) is 5.96 Å². The Morgan fingerprint density at radius 1 is 1.19 bits per heavy atom. The highest BCUT2D eigenvalue weighted by Gasteiger charge is 2.31. The van der Waals surface area contributed by atoms with Crippen LogP contribution < -0.4 is 11.1 Å². The maximum atomic E-state index is 7.09. The molecule has 2 aliphatic rings. The second-order valence-electron chi connectivity index (χ2n) is 5.72. The monoisotopic (exact) mass is 223 g/mol. The molecule has 0 spiro atoms. The van der Waals surface area contributed by atoms with E-state index in [0.717, 1.165) is 24.3 Å². The van der Waals surface area contributed by atoms with E-state index in [4.69, 9.17) is 11.1 Å². The first-order valence-electron chi connectivity index (χ1n) is 6.82. The molecule has 2 atom stereocenters. The number of hydrogen-bond acceptors (Lipinski definition) is 1. The van der Waals surface area contributed by atoms with Crippen LogP contribution in [0.3, 0.4) is 0 Å². The molecule has 0 aliphatic heterocycles. The number of nitrogens with two attached hydrogens (primary N) is 1. The van der Waals surface area contributed by atoms with Gasteiger partial charge in [0, 0.05) is 6.54 Å². The van der Waals surface area contributed by atoms with Crippen molar-refractivity contribution >= 4 is 5.96 Å². The molecule has 0 radical (unpaired) electrons. The maximum Gasteiger partial charge on any atom is 0.185 e. The number of guanidine groups is 1. The van der Waals surface area contributed by atoms with Crippen LogP contribution in [0.1, 0.15) is 51.4 Å². The predicted molar refractivity (Wildman–Crippen MR) is 67.3 cm³/mol. The Bertz CT molecular complexity index is 227. The van der Waals surface area contributed by atoms with Gasteiger partial charge in [0.05, 0.1) is 0 Å².